The highest BCUT2D eigenvalue weighted by atomic mass is 16.6. The van der Waals surface area contributed by atoms with Gasteiger partial charge in [0.2, 0.25) is 0 Å². The Labute approximate surface area is 450 Å². The molecule has 0 amide bonds. The van der Waals surface area contributed by atoms with E-state index in [0.717, 1.165) is 148 Å². The Balaban J connectivity index is 4.46. The van der Waals surface area contributed by atoms with Crippen molar-refractivity contribution in [1.82, 2.24) is 0 Å². The summed E-state index contributed by atoms with van der Waals surface area (Å²) >= 11 is 0. The van der Waals surface area contributed by atoms with Gasteiger partial charge in [0, 0.05) is 19.3 Å². The summed E-state index contributed by atoms with van der Waals surface area (Å²) in [5.41, 5.74) is 0. The SMILES string of the molecule is CC/C=C\C/C=C\C/C=C\C/C=C\C/C=C\C/C=C\CCCCCCC(=O)OCC(COC(=O)CCCCCCC/C=C\C/C=C\C/C=C\CC)OC(=O)CCCCCCCCC/C=C\CCCCCCCC. The molecule has 0 N–H and O–H groups in total. The van der Waals surface area contributed by atoms with Crippen LogP contribution < -0.4 is 0 Å². The fourth-order valence-corrected chi connectivity index (χ4v) is 7.98. The maximum absolute atomic E-state index is 12.9. The number of carbonyl (C=O) groups excluding carboxylic acids is 3. The molecule has 73 heavy (non-hydrogen) atoms. The molecule has 0 aliphatic heterocycles. The predicted molar refractivity (Wildman–Crippen MR) is 316 cm³/mol. The van der Waals surface area contributed by atoms with E-state index in [0.29, 0.717) is 19.3 Å². The summed E-state index contributed by atoms with van der Waals surface area (Å²) in [6, 6.07) is 0. The summed E-state index contributed by atoms with van der Waals surface area (Å²) in [4.78, 5) is 38.2. The highest BCUT2D eigenvalue weighted by molar-refractivity contribution is 5.71. The van der Waals surface area contributed by atoms with Crippen molar-refractivity contribution in [3.63, 3.8) is 0 Å². The topological polar surface area (TPSA) is 78.9 Å². The lowest BCUT2D eigenvalue weighted by atomic mass is 10.1. The van der Waals surface area contributed by atoms with Crippen molar-refractivity contribution in [2.45, 2.75) is 271 Å². The molecule has 6 nitrogen and oxygen atoms in total. The van der Waals surface area contributed by atoms with Gasteiger partial charge in [-0.25, -0.2) is 0 Å². The first-order valence-electron chi connectivity index (χ1n) is 30.0. The van der Waals surface area contributed by atoms with Gasteiger partial charge in [0.05, 0.1) is 0 Å². The second kappa shape index (κ2) is 60.4. The first-order valence-corrected chi connectivity index (χ1v) is 30.0. The molecule has 0 heterocycles. The van der Waals surface area contributed by atoms with E-state index in [-0.39, 0.29) is 31.1 Å². The molecule has 414 valence electrons. The fourth-order valence-electron chi connectivity index (χ4n) is 7.98. The van der Waals surface area contributed by atoms with E-state index in [9.17, 15) is 14.4 Å². The maximum atomic E-state index is 12.9. The van der Waals surface area contributed by atoms with E-state index in [1.165, 1.54) is 77.0 Å². The zero-order valence-corrected chi connectivity index (χ0v) is 47.4. The summed E-state index contributed by atoms with van der Waals surface area (Å²) < 4.78 is 16.9. The van der Waals surface area contributed by atoms with Crippen LogP contribution in [0.2, 0.25) is 0 Å². The van der Waals surface area contributed by atoms with Crippen molar-refractivity contribution in [3.05, 3.63) is 122 Å². The molecule has 0 aliphatic rings. The van der Waals surface area contributed by atoms with E-state index < -0.39 is 6.10 Å². The van der Waals surface area contributed by atoms with E-state index in [1.54, 1.807) is 0 Å². The Morgan fingerprint density at radius 2 is 0.534 bits per heavy atom. The number of unbranched alkanes of at least 4 members (excludes halogenated alkanes) is 22. The molecule has 0 aliphatic carbocycles. The van der Waals surface area contributed by atoms with Crippen LogP contribution in [0.15, 0.2) is 122 Å². The lowest BCUT2D eigenvalue weighted by Gasteiger charge is -2.18. The van der Waals surface area contributed by atoms with Crippen molar-refractivity contribution in [3.8, 4) is 0 Å². The van der Waals surface area contributed by atoms with E-state index in [2.05, 4.69) is 142 Å². The molecule has 6 heteroatoms. The molecule has 0 aromatic heterocycles. The number of carbonyl (C=O) groups is 3. The van der Waals surface area contributed by atoms with Gasteiger partial charge in [0.25, 0.3) is 0 Å². The van der Waals surface area contributed by atoms with Gasteiger partial charge < -0.3 is 14.2 Å². The number of hydrogen-bond donors (Lipinski definition) is 0. The van der Waals surface area contributed by atoms with Crippen molar-refractivity contribution in [2.24, 2.45) is 0 Å². The second-order valence-electron chi connectivity index (χ2n) is 19.5. The summed E-state index contributed by atoms with van der Waals surface area (Å²) in [6.07, 6.45) is 83.3. The highest BCUT2D eigenvalue weighted by Crippen LogP contribution is 2.14. The van der Waals surface area contributed by atoms with E-state index in [4.69, 9.17) is 14.2 Å². The van der Waals surface area contributed by atoms with Gasteiger partial charge >= 0.3 is 17.9 Å². The molecule has 1 unspecified atom stereocenters. The summed E-state index contributed by atoms with van der Waals surface area (Å²) in [5, 5.41) is 0. The van der Waals surface area contributed by atoms with Gasteiger partial charge in [-0.2, -0.15) is 0 Å². The van der Waals surface area contributed by atoms with E-state index >= 15 is 0 Å². The van der Waals surface area contributed by atoms with Gasteiger partial charge in [-0.05, 0) is 128 Å². The lowest BCUT2D eigenvalue weighted by Crippen LogP contribution is -2.30. The van der Waals surface area contributed by atoms with Crippen LogP contribution in [0.5, 0.6) is 0 Å². The average Bonchev–Trinajstić information content (AvgIpc) is 3.39. The first kappa shape index (κ1) is 68.8. The minimum atomic E-state index is -0.803. The third-order valence-corrected chi connectivity index (χ3v) is 12.4. The molecular weight excluding hydrogens is 901 g/mol. The molecule has 1 atom stereocenters. The molecule has 0 spiro atoms. The molecule has 0 saturated carbocycles. The molecule has 0 saturated heterocycles. The highest BCUT2D eigenvalue weighted by Gasteiger charge is 2.19. The predicted octanol–water partition coefficient (Wildman–Crippen LogP) is 20.4. The van der Waals surface area contributed by atoms with Crippen molar-refractivity contribution in [1.29, 1.82) is 0 Å². The molecule has 0 radical (unpaired) electrons. The Morgan fingerprint density at radius 1 is 0.288 bits per heavy atom. The van der Waals surface area contributed by atoms with Gasteiger partial charge in [0.1, 0.15) is 13.2 Å². The Bertz CT molecular complexity index is 1540. The lowest BCUT2D eigenvalue weighted by molar-refractivity contribution is -0.167. The fraction of sp³-hybridized carbons (Fsp3) is 0.657. The smallest absolute Gasteiger partial charge is 0.306 e. The van der Waals surface area contributed by atoms with Crippen LogP contribution in [0.3, 0.4) is 0 Å². The minimum absolute atomic E-state index is 0.0996. The average molecular weight is 1010 g/mol. The van der Waals surface area contributed by atoms with Crippen LogP contribution in [-0.4, -0.2) is 37.2 Å². The number of hydrogen-bond acceptors (Lipinski definition) is 6. The van der Waals surface area contributed by atoms with E-state index in [1.807, 2.05) is 0 Å². The van der Waals surface area contributed by atoms with Gasteiger partial charge in [-0.3, -0.25) is 14.4 Å². The molecule has 0 bridgehead atoms. The summed E-state index contributed by atoms with van der Waals surface area (Å²) in [7, 11) is 0. The number of ether oxygens (including phenoxy) is 3. The third-order valence-electron chi connectivity index (χ3n) is 12.4. The zero-order valence-electron chi connectivity index (χ0n) is 47.4. The normalized spacial score (nSPS) is 13.0. The van der Waals surface area contributed by atoms with Crippen LogP contribution in [0.25, 0.3) is 0 Å². The standard InChI is InChI=1S/C67H110O6/c1-4-7-10-13-16-19-22-25-28-30-31-32-33-34-35-37-39-42-45-48-51-54-57-60-66(69)72-63-64(62-71-65(68)59-56-53-50-47-44-41-38-27-24-21-18-15-12-9-6-3)73-67(70)61-58-55-52-49-46-43-40-36-29-26-23-20-17-14-11-8-5-2/h7,9-10,12,16,18-19,21,25-29,31-32,34-35,38-39,42,64H,4-6,8,11,13-15,17,20,22-24,30,33,36-37,40-41,43-63H2,1-3H3/b10-7-,12-9-,19-16-,21-18-,28-25-,29-26-,32-31-,35-34-,38-27-,42-39-. The first-order chi connectivity index (χ1) is 36.0. The largest absolute Gasteiger partial charge is 0.462 e. The van der Waals surface area contributed by atoms with Crippen LogP contribution >= 0.6 is 0 Å². The quantitative estimate of drug-likeness (QED) is 0.0261. The molecule has 0 rings (SSSR count). The van der Waals surface area contributed by atoms with Gasteiger partial charge in [0.15, 0.2) is 6.10 Å². The second-order valence-corrected chi connectivity index (χ2v) is 19.5. The van der Waals surface area contributed by atoms with Crippen molar-refractivity contribution >= 4 is 17.9 Å². The van der Waals surface area contributed by atoms with Crippen molar-refractivity contribution in [2.75, 3.05) is 13.2 Å². The Kier molecular flexibility index (Phi) is 56.9. The number of esters is 3. The van der Waals surface area contributed by atoms with Gasteiger partial charge in [-0.1, -0.05) is 239 Å². The van der Waals surface area contributed by atoms with Crippen molar-refractivity contribution < 1.29 is 28.6 Å². The molecule has 0 aromatic carbocycles. The van der Waals surface area contributed by atoms with Crippen LogP contribution in [0, 0.1) is 0 Å². The molecule has 0 fully saturated rings. The van der Waals surface area contributed by atoms with Crippen LogP contribution in [0.1, 0.15) is 265 Å². The van der Waals surface area contributed by atoms with Gasteiger partial charge in [-0.15, -0.1) is 0 Å². The molecule has 0 aromatic rings. The third kappa shape index (κ3) is 58.6. The minimum Gasteiger partial charge on any atom is -0.462 e. The molecular formula is C67H110O6. The zero-order chi connectivity index (χ0) is 52.9. The number of allylic oxidation sites excluding steroid dienone is 20. The maximum Gasteiger partial charge on any atom is 0.306 e. The summed E-state index contributed by atoms with van der Waals surface area (Å²) in [6.45, 7) is 6.37. The van der Waals surface area contributed by atoms with Crippen LogP contribution in [-0.2, 0) is 28.6 Å². The Morgan fingerprint density at radius 3 is 0.849 bits per heavy atom. The summed E-state index contributed by atoms with van der Waals surface area (Å²) in [5.74, 6) is -0.944. The Hall–Kier alpha value is -4.19. The number of rotatable bonds is 53. The monoisotopic (exact) mass is 1010 g/mol. The van der Waals surface area contributed by atoms with Crippen LogP contribution in [0.4, 0.5) is 0 Å².